The van der Waals surface area contributed by atoms with E-state index in [9.17, 15) is 4.79 Å². The van der Waals surface area contributed by atoms with Gasteiger partial charge in [-0.25, -0.2) is 15.8 Å². The largest absolute Gasteiger partial charge is 0.465 e. The van der Waals surface area contributed by atoms with Gasteiger partial charge in [0.2, 0.25) is 5.95 Å². The first-order valence-corrected chi connectivity index (χ1v) is 7.47. The Bertz CT molecular complexity index is 600. The van der Waals surface area contributed by atoms with Gasteiger partial charge < -0.3 is 4.74 Å². The number of aromatic nitrogens is 2. The van der Waals surface area contributed by atoms with Crippen LogP contribution in [0.2, 0.25) is 0 Å². The number of aryl methyl sites for hydroxylation is 1. The normalized spacial score (nSPS) is 10.7. The molecule has 19 heavy (non-hydrogen) atoms. The van der Waals surface area contributed by atoms with Crippen LogP contribution in [0.5, 0.6) is 0 Å². The SMILES string of the molecule is CCOC(=O)CSc1nc(NN)nc2sc(C)cc12. The van der Waals surface area contributed by atoms with Gasteiger partial charge in [0.25, 0.3) is 0 Å². The highest BCUT2D eigenvalue weighted by Gasteiger charge is 2.12. The van der Waals surface area contributed by atoms with E-state index in [1.54, 1.807) is 18.3 Å². The number of esters is 1. The topological polar surface area (TPSA) is 90.1 Å². The van der Waals surface area contributed by atoms with Crippen molar-refractivity contribution in [1.82, 2.24) is 9.97 Å². The zero-order valence-electron chi connectivity index (χ0n) is 10.6. The molecule has 2 heterocycles. The first-order chi connectivity index (χ1) is 9.13. The van der Waals surface area contributed by atoms with Crippen molar-refractivity contribution >= 4 is 45.2 Å². The molecular weight excluding hydrogens is 284 g/mol. The Hall–Kier alpha value is -1.38. The molecule has 6 nitrogen and oxygen atoms in total. The van der Waals surface area contributed by atoms with Crippen molar-refractivity contribution in [2.75, 3.05) is 17.8 Å². The molecule has 2 aromatic rings. The summed E-state index contributed by atoms with van der Waals surface area (Å²) < 4.78 is 4.90. The number of hydrogen-bond acceptors (Lipinski definition) is 8. The van der Waals surface area contributed by atoms with Gasteiger partial charge in [-0.3, -0.25) is 10.2 Å². The number of hydrogen-bond donors (Lipinski definition) is 2. The Labute approximate surface area is 118 Å². The van der Waals surface area contributed by atoms with Crippen LogP contribution < -0.4 is 11.3 Å². The molecule has 8 heteroatoms. The second-order valence-electron chi connectivity index (χ2n) is 3.67. The average molecular weight is 298 g/mol. The summed E-state index contributed by atoms with van der Waals surface area (Å²) in [5.41, 5.74) is 2.44. The molecule has 0 bridgehead atoms. The van der Waals surface area contributed by atoms with Crippen LogP contribution in [0.4, 0.5) is 5.95 Å². The van der Waals surface area contributed by atoms with E-state index in [-0.39, 0.29) is 11.7 Å². The number of thiophene rings is 1. The van der Waals surface area contributed by atoms with E-state index < -0.39 is 0 Å². The third-order valence-corrected chi connectivity index (χ3v) is 4.15. The van der Waals surface area contributed by atoms with Crippen molar-refractivity contribution in [2.24, 2.45) is 5.84 Å². The Morgan fingerprint density at radius 3 is 3.05 bits per heavy atom. The molecule has 0 amide bonds. The van der Waals surface area contributed by atoms with E-state index in [1.165, 1.54) is 11.8 Å². The van der Waals surface area contributed by atoms with Gasteiger partial charge in [0, 0.05) is 10.3 Å². The number of rotatable bonds is 5. The first-order valence-electron chi connectivity index (χ1n) is 5.67. The molecule has 102 valence electrons. The predicted octanol–water partition coefficient (Wildman–Crippen LogP) is 1.94. The van der Waals surface area contributed by atoms with Crippen LogP contribution >= 0.6 is 23.1 Å². The lowest BCUT2D eigenvalue weighted by atomic mass is 10.4. The lowest BCUT2D eigenvalue weighted by Gasteiger charge is -2.05. The fourth-order valence-corrected chi connectivity index (χ4v) is 3.26. The van der Waals surface area contributed by atoms with Crippen molar-refractivity contribution < 1.29 is 9.53 Å². The quantitative estimate of drug-likeness (QED) is 0.286. The Morgan fingerprint density at radius 2 is 2.37 bits per heavy atom. The average Bonchev–Trinajstić information content (AvgIpc) is 2.76. The monoisotopic (exact) mass is 298 g/mol. The Balaban J connectivity index is 2.27. The summed E-state index contributed by atoms with van der Waals surface area (Å²) in [6, 6.07) is 2.01. The third kappa shape index (κ3) is 3.34. The van der Waals surface area contributed by atoms with Gasteiger partial charge in [-0.1, -0.05) is 11.8 Å². The Morgan fingerprint density at radius 1 is 1.58 bits per heavy atom. The van der Waals surface area contributed by atoms with Crippen molar-refractivity contribution in [3.8, 4) is 0 Å². The number of nitrogens with zero attached hydrogens (tertiary/aromatic N) is 2. The van der Waals surface area contributed by atoms with Gasteiger partial charge in [0.15, 0.2) is 0 Å². The number of ether oxygens (including phenoxy) is 1. The van der Waals surface area contributed by atoms with Gasteiger partial charge in [-0.2, -0.15) is 0 Å². The maximum atomic E-state index is 11.4. The number of carbonyl (C=O) groups excluding carboxylic acids is 1. The molecule has 2 aromatic heterocycles. The second-order valence-corrected chi connectivity index (χ2v) is 5.87. The Kier molecular flexibility index (Phi) is 4.56. The molecule has 0 saturated heterocycles. The predicted molar refractivity (Wildman–Crippen MR) is 77.3 cm³/mol. The summed E-state index contributed by atoms with van der Waals surface area (Å²) in [4.78, 5) is 21.9. The molecule has 0 aliphatic heterocycles. The highest BCUT2D eigenvalue weighted by Crippen LogP contribution is 2.31. The number of nitrogen functional groups attached to an aromatic ring is 1. The van der Waals surface area contributed by atoms with Gasteiger partial charge in [0.1, 0.15) is 9.86 Å². The van der Waals surface area contributed by atoms with Crippen molar-refractivity contribution in [3.63, 3.8) is 0 Å². The lowest BCUT2D eigenvalue weighted by molar-refractivity contribution is -0.139. The zero-order chi connectivity index (χ0) is 13.8. The molecule has 0 atom stereocenters. The molecule has 2 rings (SSSR count). The lowest BCUT2D eigenvalue weighted by Crippen LogP contribution is -2.11. The minimum Gasteiger partial charge on any atom is -0.465 e. The van der Waals surface area contributed by atoms with E-state index >= 15 is 0 Å². The summed E-state index contributed by atoms with van der Waals surface area (Å²) in [5, 5.41) is 1.67. The molecule has 0 saturated carbocycles. The number of hydrazine groups is 1. The number of anilines is 1. The van der Waals surface area contributed by atoms with E-state index in [4.69, 9.17) is 10.6 Å². The molecule has 0 spiro atoms. The number of carbonyl (C=O) groups is 1. The van der Waals surface area contributed by atoms with Crippen molar-refractivity contribution in [3.05, 3.63) is 10.9 Å². The van der Waals surface area contributed by atoms with Gasteiger partial charge in [0.05, 0.1) is 12.4 Å². The smallest absolute Gasteiger partial charge is 0.316 e. The molecule has 0 unspecified atom stereocenters. The highest BCUT2D eigenvalue weighted by molar-refractivity contribution is 8.00. The molecule has 0 aromatic carbocycles. The number of fused-ring (bicyclic) bond motifs is 1. The third-order valence-electron chi connectivity index (χ3n) is 2.24. The minimum absolute atomic E-state index is 0.221. The van der Waals surface area contributed by atoms with Gasteiger partial charge >= 0.3 is 5.97 Å². The summed E-state index contributed by atoms with van der Waals surface area (Å²) in [6.45, 7) is 4.16. The van der Waals surface area contributed by atoms with E-state index in [0.717, 1.165) is 20.1 Å². The van der Waals surface area contributed by atoms with Crippen molar-refractivity contribution in [2.45, 2.75) is 18.9 Å². The fourth-order valence-electron chi connectivity index (χ4n) is 1.52. The number of nitrogens with one attached hydrogen (secondary N) is 1. The van der Waals surface area contributed by atoms with E-state index in [0.29, 0.717) is 12.6 Å². The maximum absolute atomic E-state index is 11.4. The van der Waals surface area contributed by atoms with Crippen LogP contribution in [0.1, 0.15) is 11.8 Å². The highest BCUT2D eigenvalue weighted by atomic mass is 32.2. The minimum atomic E-state index is -0.256. The molecule has 0 radical (unpaired) electrons. The number of nitrogens with two attached hydrogens (primary N) is 1. The molecule has 0 aliphatic carbocycles. The summed E-state index contributed by atoms with van der Waals surface area (Å²) in [5.74, 6) is 5.66. The van der Waals surface area contributed by atoms with E-state index in [1.807, 2.05) is 13.0 Å². The maximum Gasteiger partial charge on any atom is 0.316 e. The molecule has 3 N–H and O–H groups in total. The fraction of sp³-hybridized carbons (Fsp3) is 0.364. The molecular formula is C11H14N4O2S2. The second kappa shape index (κ2) is 6.18. The van der Waals surface area contributed by atoms with Crippen LogP contribution in [0.15, 0.2) is 11.1 Å². The zero-order valence-corrected chi connectivity index (χ0v) is 12.2. The van der Waals surface area contributed by atoms with Gasteiger partial charge in [-0.15, -0.1) is 11.3 Å². The van der Waals surface area contributed by atoms with Crippen LogP contribution in [-0.2, 0) is 9.53 Å². The van der Waals surface area contributed by atoms with Crippen LogP contribution in [0.25, 0.3) is 10.2 Å². The van der Waals surface area contributed by atoms with Crippen molar-refractivity contribution in [1.29, 1.82) is 0 Å². The van der Waals surface area contributed by atoms with E-state index in [2.05, 4.69) is 15.4 Å². The summed E-state index contributed by atoms with van der Waals surface area (Å²) in [6.07, 6.45) is 0. The standard InChI is InChI=1S/C11H14N4O2S2/c1-3-17-8(16)5-18-9-7-4-6(2)19-10(7)14-11(13-9)15-12/h4H,3,5,12H2,1-2H3,(H,13,14,15). The summed E-state index contributed by atoms with van der Waals surface area (Å²) in [7, 11) is 0. The van der Waals surface area contributed by atoms with Gasteiger partial charge in [-0.05, 0) is 19.9 Å². The van der Waals surface area contributed by atoms with Crippen LogP contribution in [0.3, 0.4) is 0 Å². The van der Waals surface area contributed by atoms with Crippen LogP contribution in [-0.4, -0.2) is 28.3 Å². The summed E-state index contributed by atoms with van der Waals surface area (Å²) >= 11 is 2.89. The number of thioether (sulfide) groups is 1. The van der Waals surface area contributed by atoms with Crippen LogP contribution in [0, 0.1) is 6.92 Å². The molecule has 0 aliphatic rings. The molecule has 0 fully saturated rings. The first kappa shape index (κ1) is 14.0.